The molecule has 0 atom stereocenters. The molecule has 0 bridgehead atoms. The molecule has 0 fully saturated rings. The van der Waals surface area contributed by atoms with E-state index in [0.29, 0.717) is 24.6 Å². The highest BCUT2D eigenvalue weighted by Crippen LogP contribution is 2.30. The Bertz CT molecular complexity index is 625. The topological polar surface area (TPSA) is 85.0 Å². The maximum absolute atomic E-state index is 11.4. The van der Waals surface area contributed by atoms with Crippen molar-refractivity contribution in [1.82, 2.24) is 19.9 Å². The Hall–Kier alpha value is -2.24. The second-order valence-corrected chi connectivity index (χ2v) is 4.09. The van der Waals surface area contributed by atoms with Gasteiger partial charge < -0.3 is 10.6 Å². The highest BCUT2D eigenvalue weighted by Gasteiger charge is 2.24. The molecule has 86 valence electrons. The molecule has 17 heavy (non-hydrogen) atoms. The van der Waals surface area contributed by atoms with E-state index < -0.39 is 0 Å². The molecule has 6 nitrogen and oxygen atoms in total. The van der Waals surface area contributed by atoms with Gasteiger partial charge in [-0.1, -0.05) is 0 Å². The smallest absolute Gasteiger partial charge is 0.220 e. The van der Waals surface area contributed by atoms with Crippen molar-refractivity contribution >= 4 is 22.8 Å². The molecule has 0 aromatic carbocycles. The zero-order valence-corrected chi connectivity index (χ0v) is 9.34. The van der Waals surface area contributed by atoms with Crippen molar-refractivity contribution < 1.29 is 4.79 Å². The minimum absolute atomic E-state index is 0.0461. The van der Waals surface area contributed by atoms with Crippen LogP contribution in [0.2, 0.25) is 0 Å². The van der Waals surface area contributed by atoms with E-state index in [4.69, 9.17) is 5.73 Å². The van der Waals surface area contributed by atoms with Crippen LogP contribution in [0, 0.1) is 0 Å². The minimum atomic E-state index is 0.0461. The normalized spacial score (nSPS) is 14.1. The molecule has 2 N–H and O–H groups in total. The number of rotatable bonds is 0. The Balaban J connectivity index is 2.23. The first-order valence-electron chi connectivity index (χ1n) is 5.29. The van der Waals surface area contributed by atoms with Gasteiger partial charge in [0.2, 0.25) is 5.91 Å². The van der Waals surface area contributed by atoms with Crippen LogP contribution in [-0.4, -0.2) is 25.8 Å². The maximum atomic E-state index is 11.4. The third-order valence-corrected chi connectivity index (χ3v) is 3.04. The Morgan fingerprint density at radius 2 is 2.18 bits per heavy atom. The first kappa shape index (κ1) is 9.95. The molecule has 3 heterocycles. The molecule has 2 aromatic heterocycles. The standard InChI is InChI=1S/C11H11N5O/c1-6(17)16-3-7-2-13-11-9(8(7)4-16)10(12)14-5-15-11/h2,5H,3-4H2,1H3,(H2,12,13,14,15). The maximum Gasteiger partial charge on any atom is 0.220 e. The van der Waals surface area contributed by atoms with E-state index in [-0.39, 0.29) is 5.91 Å². The van der Waals surface area contributed by atoms with Gasteiger partial charge >= 0.3 is 0 Å². The van der Waals surface area contributed by atoms with Crippen molar-refractivity contribution in [2.24, 2.45) is 0 Å². The summed E-state index contributed by atoms with van der Waals surface area (Å²) in [5.74, 6) is 0.467. The largest absolute Gasteiger partial charge is 0.383 e. The monoisotopic (exact) mass is 229 g/mol. The number of pyridine rings is 1. The summed E-state index contributed by atoms with van der Waals surface area (Å²) in [6.45, 7) is 2.70. The Labute approximate surface area is 97.5 Å². The summed E-state index contributed by atoms with van der Waals surface area (Å²) < 4.78 is 0. The fraction of sp³-hybridized carbons (Fsp3) is 0.273. The lowest BCUT2D eigenvalue weighted by Gasteiger charge is -2.11. The predicted octanol–water partition coefficient (Wildman–Crippen LogP) is 0.469. The molecule has 1 aliphatic rings. The van der Waals surface area contributed by atoms with Crippen LogP contribution in [0.3, 0.4) is 0 Å². The lowest BCUT2D eigenvalue weighted by Crippen LogP contribution is -2.21. The highest BCUT2D eigenvalue weighted by molar-refractivity contribution is 5.90. The molecule has 0 saturated heterocycles. The summed E-state index contributed by atoms with van der Waals surface area (Å²) in [5.41, 5.74) is 8.48. The molecule has 6 heteroatoms. The molecule has 0 unspecified atom stereocenters. The number of anilines is 1. The fourth-order valence-electron chi connectivity index (χ4n) is 2.15. The van der Waals surface area contributed by atoms with Gasteiger partial charge in [0.25, 0.3) is 0 Å². The van der Waals surface area contributed by atoms with E-state index in [1.54, 1.807) is 18.0 Å². The summed E-state index contributed by atoms with van der Waals surface area (Å²) in [7, 11) is 0. The van der Waals surface area contributed by atoms with Crippen LogP contribution in [0.4, 0.5) is 5.82 Å². The molecule has 3 rings (SSSR count). The summed E-state index contributed by atoms with van der Waals surface area (Å²) in [6, 6.07) is 0. The number of carbonyl (C=O) groups excluding carboxylic acids is 1. The van der Waals surface area contributed by atoms with Crippen LogP contribution in [0.15, 0.2) is 12.5 Å². The van der Waals surface area contributed by atoms with Crippen molar-refractivity contribution in [3.63, 3.8) is 0 Å². The molecule has 0 saturated carbocycles. The van der Waals surface area contributed by atoms with Gasteiger partial charge in [0.05, 0.1) is 5.39 Å². The van der Waals surface area contributed by atoms with E-state index in [2.05, 4.69) is 15.0 Å². The number of nitrogens with zero attached hydrogens (tertiary/aromatic N) is 4. The average molecular weight is 229 g/mol. The van der Waals surface area contributed by atoms with Gasteiger partial charge in [0, 0.05) is 26.2 Å². The first-order chi connectivity index (χ1) is 8.16. The SMILES string of the molecule is CC(=O)N1Cc2cnc3ncnc(N)c3c2C1. The second-order valence-electron chi connectivity index (χ2n) is 4.09. The molecule has 0 aliphatic carbocycles. The van der Waals surface area contributed by atoms with Crippen LogP contribution < -0.4 is 5.73 Å². The van der Waals surface area contributed by atoms with Crippen LogP contribution >= 0.6 is 0 Å². The summed E-state index contributed by atoms with van der Waals surface area (Å²) >= 11 is 0. The number of carbonyl (C=O) groups is 1. The molecule has 1 amide bonds. The quantitative estimate of drug-likeness (QED) is 0.709. The second kappa shape index (κ2) is 3.38. The van der Waals surface area contributed by atoms with Crippen LogP contribution in [0.25, 0.3) is 11.0 Å². The average Bonchev–Trinajstić information content (AvgIpc) is 2.73. The third kappa shape index (κ3) is 1.41. The zero-order chi connectivity index (χ0) is 12.0. The van der Waals surface area contributed by atoms with Gasteiger partial charge in [-0.25, -0.2) is 15.0 Å². The molecular weight excluding hydrogens is 218 g/mol. The van der Waals surface area contributed by atoms with E-state index >= 15 is 0 Å². The fourth-order valence-corrected chi connectivity index (χ4v) is 2.15. The number of hydrogen-bond acceptors (Lipinski definition) is 5. The lowest BCUT2D eigenvalue weighted by atomic mass is 10.1. The number of amides is 1. The molecule has 1 aliphatic heterocycles. The summed E-state index contributed by atoms with van der Waals surface area (Å²) in [6.07, 6.45) is 3.15. The van der Waals surface area contributed by atoms with Crippen molar-refractivity contribution in [2.75, 3.05) is 5.73 Å². The molecular formula is C11H11N5O. The van der Waals surface area contributed by atoms with Crippen molar-refractivity contribution in [3.8, 4) is 0 Å². The van der Waals surface area contributed by atoms with Crippen LogP contribution in [-0.2, 0) is 17.9 Å². The lowest BCUT2D eigenvalue weighted by molar-refractivity contribution is -0.129. The first-order valence-corrected chi connectivity index (χ1v) is 5.29. The third-order valence-electron chi connectivity index (χ3n) is 3.04. The van der Waals surface area contributed by atoms with Crippen LogP contribution in [0.5, 0.6) is 0 Å². The van der Waals surface area contributed by atoms with Crippen molar-refractivity contribution in [3.05, 3.63) is 23.7 Å². The number of nitrogen functional groups attached to an aromatic ring is 1. The van der Waals surface area contributed by atoms with Gasteiger partial charge in [-0.3, -0.25) is 4.79 Å². The van der Waals surface area contributed by atoms with Crippen molar-refractivity contribution in [1.29, 1.82) is 0 Å². The van der Waals surface area contributed by atoms with Gasteiger partial charge in [0.15, 0.2) is 5.65 Å². The van der Waals surface area contributed by atoms with E-state index in [1.165, 1.54) is 6.33 Å². The Morgan fingerprint density at radius 3 is 2.94 bits per heavy atom. The van der Waals surface area contributed by atoms with E-state index in [9.17, 15) is 4.79 Å². The van der Waals surface area contributed by atoms with Gasteiger partial charge in [-0.2, -0.15) is 0 Å². The summed E-state index contributed by atoms with van der Waals surface area (Å²) in [4.78, 5) is 25.4. The van der Waals surface area contributed by atoms with E-state index in [1.807, 2.05) is 0 Å². The number of hydrogen-bond donors (Lipinski definition) is 1. The van der Waals surface area contributed by atoms with Crippen molar-refractivity contribution in [2.45, 2.75) is 20.0 Å². The molecule has 0 radical (unpaired) electrons. The zero-order valence-electron chi connectivity index (χ0n) is 9.34. The minimum Gasteiger partial charge on any atom is -0.383 e. The number of nitrogens with two attached hydrogens (primary N) is 1. The Morgan fingerprint density at radius 1 is 1.35 bits per heavy atom. The predicted molar refractivity (Wildman–Crippen MR) is 61.7 cm³/mol. The van der Waals surface area contributed by atoms with Gasteiger partial charge in [0.1, 0.15) is 12.1 Å². The number of aromatic nitrogens is 3. The highest BCUT2D eigenvalue weighted by atomic mass is 16.2. The van der Waals surface area contributed by atoms with Crippen LogP contribution in [0.1, 0.15) is 18.1 Å². The number of fused-ring (bicyclic) bond motifs is 3. The van der Waals surface area contributed by atoms with Gasteiger partial charge in [-0.05, 0) is 11.1 Å². The Kier molecular flexibility index (Phi) is 1.98. The van der Waals surface area contributed by atoms with Gasteiger partial charge in [-0.15, -0.1) is 0 Å². The summed E-state index contributed by atoms with van der Waals surface area (Å²) in [5, 5.41) is 0.772. The molecule has 2 aromatic rings. The van der Waals surface area contributed by atoms with E-state index in [0.717, 1.165) is 16.5 Å². The molecule has 0 spiro atoms.